The van der Waals surface area contributed by atoms with E-state index in [1.54, 1.807) is 12.1 Å². The third-order valence-corrected chi connectivity index (χ3v) is 6.26. The van der Waals surface area contributed by atoms with Gasteiger partial charge in [-0.1, -0.05) is 19.8 Å². The highest BCUT2D eigenvalue weighted by atomic mass is 16.6. The van der Waals surface area contributed by atoms with E-state index in [0.717, 1.165) is 45.2 Å². The summed E-state index contributed by atoms with van der Waals surface area (Å²) in [5.41, 5.74) is 0.892. The fourth-order valence-corrected chi connectivity index (χ4v) is 4.67. The molecule has 2 saturated carbocycles. The standard InChI is InChI=1S/C21H27N3O4/c1-2-11-22(13-14-7-8-14)18-10-9-15(12-19(18)24(27)28)23-20(25)16-5-3-4-6-17(16)21(23)26/h9-10,12,14,16-17H,2-8,11,13H2,1H3. The van der Waals surface area contributed by atoms with E-state index < -0.39 is 4.92 Å². The molecule has 1 heterocycles. The van der Waals surface area contributed by atoms with E-state index >= 15 is 0 Å². The Balaban J connectivity index is 1.67. The SMILES string of the molecule is CCCN(CC1CC1)c1ccc(N2C(=O)C3CCCCC3C2=O)cc1[N+](=O)[O-]. The lowest BCUT2D eigenvalue weighted by Gasteiger charge is -2.25. The van der Waals surface area contributed by atoms with E-state index in [4.69, 9.17) is 0 Å². The van der Waals surface area contributed by atoms with Gasteiger partial charge < -0.3 is 4.90 Å². The molecule has 2 unspecified atom stereocenters. The van der Waals surface area contributed by atoms with Crippen molar-refractivity contribution in [1.82, 2.24) is 0 Å². The molecule has 7 heteroatoms. The number of benzene rings is 1. The van der Waals surface area contributed by atoms with Gasteiger partial charge in [0.2, 0.25) is 11.8 Å². The van der Waals surface area contributed by atoms with Crippen LogP contribution in [0.3, 0.4) is 0 Å². The van der Waals surface area contributed by atoms with Crippen molar-refractivity contribution in [1.29, 1.82) is 0 Å². The van der Waals surface area contributed by atoms with Crippen LogP contribution in [0.1, 0.15) is 51.9 Å². The third kappa shape index (κ3) is 3.38. The van der Waals surface area contributed by atoms with Crippen molar-refractivity contribution in [3.8, 4) is 0 Å². The average molecular weight is 385 g/mol. The highest BCUT2D eigenvalue weighted by Crippen LogP contribution is 2.42. The van der Waals surface area contributed by atoms with Gasteiger partial charge in [0, 0.05) is 19.2 Å². The Kier molecular flexibility index (Phi) is 5.08. The molecule has 0 radical (unpaired) electrons. The zero-order chi connectivity index (χ0) is 19.8. The number of imide groups is 1. The Bertz CT molecular complexity index is 781. The summed E-state index contributed by atoms with van der Waals surface area (Å²) < 4.78 is 0. The highest BCUT2D eigenvalue weighted by Gasteiger charge is 2.49. The summed E-state index contributed by atoms with van der Waals surface area (Å²) in [5, 5.41) is 11.8. The molecular formula is C21H27N3O4. The number of fused-ring (bicyclic) bond motifs is 1. The first kappa shape index (κ1) is 18.9. The first-order chi connectivity index (χ1) is 13.5. The fraction of sp³-hybridized carbons (Fsp3) is 0.619. The Labute approximate surface area is 164 Å². The second-order valence-corrected chi connectivity index (χ2v) is 8.33. The molecule has 0 spiro atoms. The van der Waals surface area contributed by atoms with Crippen LogP contribution in [0.4, 0.5) is 17.1 Å². The van der Waals surface area contributed by atoms with E-state index in [0.29, 0.717) is 17.3 Å². The molecular weight excluding hydrogens is 358 g/mol. The molecule has 3 fully saturated rings. The van der Waals surface area contributed by atoms with Crippen LogP contribution in [0, 0.1) is 27.9 Å². The monoisotopic (exact) mass is 385 g/mol. The van der Waals surface area contributed by atoms with Crippen LogP contribution < -0.4 is 9.80 Å². The molecule has 7 nitrogen and oxygen atoms in total. The minimum absolute atomic E-state index is 0.0259. The topological polar surface area (TPSA) is 83.8 Å². The summed E-state index contributed by atoms with van der Waals surface area (Å²) in [6.07, 6.45) is 6.63. The molecule has 2 atom stereocenters. The first-order valence-corrected chi connectivity index (χ1v) is 10.4. The quantitative estimate of drug-likeness (QED) is 0.404. The molecule has 4 rings (SSSR count). The maximum absolute atomic E-state index is 12.8. The highest BCUT2D eigenvalue weighted by molar-refractivity contribution is 6.22. The van der Waals surface area contributed by atoms with E-state index in [2.05, 4.69) is 11.8 Å². The molecule has 2 amide bonds. The fourth-order valence-electron chi connectivity index (χ4n) is 4.67. The summed E-state index contributed by atoms with van der Waals surface area (Å²) in [4.78, 5) is 40.3. The molecule has 0 bridgehead atoms. The van der Waals surface area contributed by atoms with E-state index in [-0.39, 0.29) is 29.3 Å². The minimum atomic E-state index is -0.396. The lowest BCUT2D eigenvalue weighted by molar-refractivity contribution is -0.384. The number of rotatable bonds is 7. The number of nitro groups is 1. The van der Waals surface area contributed by atoms with Crippen molar-refractivity contribution >= 4 is 28.9 Å². The summed E-state index contributed by atoms with van der Waals surface area (Å²) in [6.45, 7) is 3.63. The van der Waals surface area contributed by atoms with Crippen LogP contribution >= 0.6 is 0 Å². The van der Waals surface area contributed by atoms with Crippen LogP contribution in [-0.4, -0.2) is 29.8 Å². The predicted octanol–water partition coefficient (Wildman–Crippen LogP) is 3.90. The predicted molar refractivity (Wildman–Crippen MR) is 106 cm³/mol. The number of nitro benzene ring substituents is 1. The van der Waals surface area contributed by atoms with Gasteiger partial charge in [-0.25, -0.2) is 4.90 Å². The normalized spacial score (nSPS) is 24.4. The van der Waals surface area contributed by atoms with Crippen molar-refractivity contribution in [3.63, 3.8) is 0 Å². The van der Waals surface area contributed by atoms with Gasteiger partial charge in [0.25, 0.3) is 5.69 Å². The third-order valence-electron chi connectivity index (χ3n) is 6.26. The molecule has 0 aromatic heterocycles. The number of carbonyl (C=O) groups excluding carboxylic acids is 2. The molecule has 1 aliphatic heterocycles. The van der Waals surface area contributed by atoms with Crippen molar-refractivity contribution in [3.05, 3.63) is 28.3 Å². The van der Waals surface area contributed by atoms with Crippen LogP contribution in [0.2, 0.25) is 0 Å². The minimum Gasteiger partial charge on any atom is -0.366 e. The van der Waals surface area contributed by atoms with Crippen molar-refractivity contribution < 1.29 is 14.5 Å². The second-order valence-electron chi connectivity index (χ2n) is 8.33. The zero-order valence-corrected chi connectivity index (χ0v) is 16.3. The number of hydrogen-bond acceptors (Lipinski definition) is 5. The van der Waals surface area contributed by atoms with Gasteiger partial charge in [0.05, 0.1) is 22.4 Å². The smallest absolute Gasteiger partial charge is 0.294 e. The van der Waals surface area contributed by atoms with Gasteiger partial charge >= 0.3 is 0 Å². The van der Waals surface area contributed by atoms with Crippen molar-refractivity contribution in [2.24, 2.45) is 17.8 Å². The van der Waals surface area contributed by atoms with Crippen LogP contribution in [-0.2, 0) is 9.59 Å². The largest absolute Gasteiger partial charge is 0.366 e. The van der Waals surface area contributed by atoms with Gasteiger partial charge in [0.1, 0.15) is 5.69 Å². The maximum Gasteiger partial charge on any atom is 0.294 e. The lowest BCUT2D eigenvalue weighted by atomic mass is 9.81. The van der Waals surface area contributed by atoms with E-state index in [1.807, 2.05) is 0 Å². The van der Waals surface area contributed by atoms with Crippen molar-refractivity contribution in [2.75, 3.05) is 22.9 Å². The number of nitrogens with zero attached hydrogens (tertiary/aromatic N) is 3. The van der Waals surface area contributed by atoms with Crippen LogP contribution in [0.5, 0.6) is 0 Å². The number of anilines is 2. The van der Waals surface area contributed by atoms with Crippen molar-refractivity contribution in [2.45, 2.75) is 51.9 Å². The molecule has 1 aromatic carbocycles. The Morgan fingerprint density at radius 1 is 1.11 bits per heavy atom. The molecule has 3 aliphatic rings. The van der Waals surface area contributed by atoms with E-state index in [9.17, 15) is 19.7 Å². The molecule has 28 heavy (non-hydrogen) atoms. The Morgan fingerprint density at radius 2 is 1.75 bits per heavy atom. The molecule has 150 valence electrons. The van der Waals surface area contributed by atoms with Crippen LogP contribution in [0.15, 0.2) is 18.2 Å². The second kappa shape index (κ2) is 7.53. The maximum atomic E-state index is 12.8. The first-order valence-electron chi connectivity index (χ1n) is 10.4. The van der Waals surface area contributed by atoms with Gasteiger partial charge in [-0.05, 0) is 50.2 Å². The van der Waals surface area contributed by atoms with Gasteiger partial charge in [-0.2, -0.15) is 0 Å². The molecule has 1 saturated heterocycles. The zero-order valence-electron chi connectivity index (χ0n) is 16.3. The average Bonchev–Trinajstić information content (AvgIpc) is 3.47. The summed E-state index contributed by atoms with van der Waals surface area (Å²) >= 11 is 0. The summed E-state index contributed by atoms with van der Waals surface area (Å²) in [7, 11) is 0. The Morgan fingerprint density at radius 3 is 2.29 bits per heavy atom. The van der Waals surface area contributed by atoms with Crippen LogP contribution in [0.25, 0.3) is 0 Å². The summed E-state index contributed by atoms with van der Waals surface area (Å²) in [5.74, 6) is -0.297. The summed E-state index contributed by atoms with van der Waals surface area (Å²) in [6, 6.07) is 4.83. The molecule has 1 aromatic rings. The number of amides is 2. The molecule has 2 aliphatic carbocycles. The number of hydrogen-bond donors (Lipinski definition) is 0. The van der Waals surface area contributed by atoms with Gasteiger partial charge in [-0.15, -0.1) is 0 Å². The molecule has 0 N–H and O–H groups in total. The lowest BCUT2D eigenvalue weighted by Crippen LogP contribution is -2.31. The van der Waals surface area contributed by atoms with Gasteiger partial charge in [-0.3, -0.25) is 19.7 Å². The van der Waals surface area contributed by atoms with Gasteiger partial charge in [0.15, 0.2) is 0 Å². The Hall–Kier alpha value is -2.44. The van der Waals surface area contributed by atoms with E-state index in [1.165, 1.54) is 23.8 Å². The number of carbonyl (C=O) groups is 2.